The van der Waals surface area contributed by atoms with Gasteiger partial charge in [0.25, 0.3) is 0 Å². The number of amides is 1. The third kappa shape index (κ3) is 3.27. The Morgan fingerprint density at radius 2 is 1.86 bits per heavy atom. The molecule has 2 aliphatic heterocycles. The first-order valence-electron chi connectivity index (χ1n) is 8.00. The number of rotatable bonds is 2. The highest BCUT2D eigenvalue weighted by Gasteiger charge is 2.32. The molecule has 21 heavy (non-hydrogen) atoms. The van der Waals surface area contributed by atoms with Crippen LogP contribution in [0.4, 0.5) is 0 Å². The summed E-state index contributed by atoms with van der Waals surface area (Å²) in [5.74, 6) is 0.594. The number of carbonyl (C=O) groups excluding carboxylic acids is 1. The van der Waals surface area contributed by atoms with Crippen molar-refractivity contribution in [2.24, 2.45) is 5.92 Å². The molecule has 3 rings (SSSR count). The Morgan fingerprint density at radius 1 is 1.14 bits per heavy atom. The average molecular weight is 287 g/mol. The van der Waals surface area contributed by atoms with Crippen LogP contribution in [0.2, 0.25) is 0 Å². The van der Waals surface area contributed by atoms with Crippen LogP contribution in [0.5, 0.6) is 0 Å². The zero-order chi connectivity index (χ0) is 14.7. The van der Waals surface area contributed by atoms with Gasteiger partial charge < -0.3 is 10.2 Å². The van der Waals surface area contributed by atoms with Crippen molar-refractivity contribution in [1.82, 2.24) is 15.1 Å². The van der Waals surface area contributed by atoms with Crippen LogP contribution in [0.15, 0.2) is 30.3 Å². The summed E-state index contributed by atoms with van der Waals surface area (Å²) in [6.45, 7) is 4.60. The average Bonchev–Trinajstić information content (AvgIpc) is 2.56. The van der Waals surface area contributed by atoms with E-state index in [9.17, 15) is 4.79 Å². The molecule has 4 heteroatoms. The maximum atomic E-state index is 12.7. The van der Waals surface area contributed by atoms with E-state index in [2.05, 4.69) is 46.4 Å². The third-order valence-corrected chi connectivity index (χ3v) is 4.83. The molecular weight excluding hydrogens is 262 g/mol. The van der Waals surface area contributed by atoms with Gasteiger partial charge >= 0.3 is 0 Å². The van der Waals surface area contributed by atoms with E-state index in [0.717, 1.165) is 45.6 Å². The molecule has 0 spiro atoms. The van der Waals surface area contributed by atoms with E-state index in [4.69, 9.17) is 0 Å². The van der Waals surface area contributed by atoms with Gasteiger partial charge in [-0.1, -0.05) is 30.3 Å². The minimum atomic E-state index is 0.228. The summed E-state index contributed by atoms with van der Waals surface area (Å²) < 4.78 is 0. The van der Waals surface area contributed by atoms with Crippen LogP contribution in [-0.2, 0) is 4.79 Å². The fourth-order valence-electron chi connectivity index (χ4n) is 3.44. The highest BCUT2D eigenvalue weighted by Crippen LogP contribution is 2.26. The SMILES string of the molecule is CN1CCN(C(=O)C2CCNCC2)CC1c1ccccc1. The van der Waals surface area contributed by atoms with Crippen LogP contribution in [0.3, 0.4) is 0 Å². The van der Waals surface area contributed by atoms with E-state index in [1.807, 2.05) is 6.07 Å². The normalized spacial score (nSPS) is 25.0. The highest BCUT2D eigenvalue weighted by atomic mass is 16.2. The maximum Gasteiger partial charge on any atom is 0.225 e. The molecule has 0 bridgehead atoms. The number of carbonyl (C=O) groups is 1. The van der Waals surface area contributed by atoms with Crippen LogP contribution in [-0.4, -0.2) is 55.5 Å². The van der Waals surface area contributed by atoms with Crippen LogP contribution in [0, 0.1) is 5.92 Å². The van der Waals surface area contributed by atoms with Gasteiger partial charge in [0.2, 0.25) is 5.91 Å². The monoisotopic (exact) mass is 287 g/mol. The number of piperidine rings is 1. The number of hydrogen-bond donors (Lipinski definition) is 1. The van der Waals surface area contributed by atoms with Gasteiger partial charge in [0, 0.05) is 25.6 Å². The van der Waals surface area contributed by atoms with E-state index in [-0.39, 0.29) is 5.92 Å². The molecule has 1 atom stereocenters. The van der Waals surface area contributed by atoms with Gasteiger partial charge in [-0.2, -0.15) is 0 Å². The molecule has 2 aliphatic rings. The Balaban J connectivity index is 1.69. The number of likely N-dealkylation sites (N-methyl/N-ethyl adjacent to an activating group) is 1. The number of benzene rings is 1. The first-order chi connectivity index (χ1) is 10.3. The quantitative estimate of drug-likeness (QED) is 0.895. The summed E-state index contributed by atoms with van der Waals surface area (Å²) in [6, 6.07) is 10.9. The van der Waals surface area contributed by atoms with Crippen LogP contribution in [0.25, 0.3) is 0 Å². The molecule has 2 heterocycles. The molecule has 1 aromatic rings. The lowest BCUT2D eigenvalue weighted by Crippen LogP contribution is -2.51. The van der Waals surface area contributed by atoms with Gasteiger partial charge in [0.1, 0.15) is 0 Å². The Labute approximate surface area is 127 Å². The Bertz CT molecular complexity index is 470. The van der Waals surface area contributed by atoms with E-state index < -0.39 is 0 Å². The first-order valence-corrected chi connectivity index (χ1v) is 8.00. The van der Waals surface area contributed by atoms with Crippen molar-refractivity contribution in [3.8, 4) is 0 Å². The van der Waals surface area contributed by atoms with Crippen molar-refractivity contribution in [3.05, 3.63) is 35.9 Å². The highest BCUT2D eigenvalue weighted by molar-refractivity contribution is 5.79. The Hall–Kier alpha value is -1.39. The van der Waals surface area contributed by atoms with Gasteiger partial charge in [-0.3, -0.25) is 9.69 Å². The molecule has 0 radical (unpaired) electrons. The van der Waals surface area contributed by atoms with Gasteiger partial charge in [0.05, 0.1) is 6.04 Å². The fourth-order valence-corrected chi connectivity index (χ4v) is 3.44. The minimum absolute atomic E-state index is 0.228. The molecule has 0 aliphatic carbocycles. The van der Waals surface area contributed by atoms with Gasteiger partial charge in [-0.25, -0.2) is 0 Å². The van der Waals surface area contributed by atoms with Gasteiger partial charge in [0.15, 0.2) is 0 Å². The second kappa shape index (κ2) is 6.58. The van der Waals surface area contributed by atoms with Crippen LogP contribution < -0.4 is 5.32 Å². The van der Waals surface area contributed by atoms with E-state index in [1.54, 1.807) is 0 Å². The van der Waals surface area contributed by atoms with Gasteiger partial charge in [-0.05, 0) is 38.5 Å². The lowest BCUT2D eigenvalue weighted by molar-refractivity contribution is -0.139. The summed E-state index contributed by atoms with van der Waals surface area (Å²) in [5.41, 5.74) is 1.31. The second-order valence-corrected chi connectivity index (χ2v) is 6.22. The van der Waals surface area contributed by atoms with Crippen LogP contribution >= 0.6 is 0 Å². The smallest absolute Gasteiger partial charge is 0.225 e. The number of hydrogen-bond acceptors (Lipinski definition) is 3. The Morgan fingerprint density at radius 3 is 2.57 bits per heavy atom. The van der Waals surface area contributed by atoms with E-state index in [0.29, 0.717) is 11.9 Å². The zero-order valence-electron chi connectivity index (χ0n) is 12.8. The standard InChI is InChI=1S/C17H25N3O/c1-19-11-12-20(17(21)15-7-9-18-10-8-15)13-16(19)14-5-3-2-4-6-14/h2-6,15-16,18H,7-13H2,1H3. The van der Waals surface area contributed by atoms with Crippen molar-refractivity contribution >= 4 is 5.91 Å². The minimum Gasteiger partial charge on any atom is -0.339 e. The molecule has 1 amide bonds. The number of piperazine rings is 1. The van der Waals surface area contributed by atoms with Crippen LogP contribution in [0.1, 0.15) is 24.4 Å². The molecule has 1 N–H and O–H groups in total. The zero-order valence-corrected chi connectivity index (χ0v) is 12.8. The molecular formula is C17H25N3O. The summed E-state index contributed by atoms with van der Waals surface area (Å²) in [6.07, 6.45) is 1.97. The molecule has 4 nitrogen and oxygen atoms in total. The summed E-state index contributed by atoms with van der Waals surface area (Å²) in [5, 5.41) is 3.34. The topological polar surface area (TPSA) is 35.6 Å². The van der Waals surface area contributed by atoms with E-state index in [1.165, 1.54) is 5.56 Å². The molecule has 1 unspecified atom stereocenters. The first kappa shape index (κ1) is 14.5. The molecule has 2 saturated heterocycles. The van der Waals surface area contributed by atoms with Crippen molar-refractivity contribution in [1.29, 1.82) is 0 Å². The van der Waals surface area contributed by atoms with Crippen molar-refractivity contribution < 1.29 is 4.79 Å². The van der Waals surface area contributed by atoms with Crippen molar-refractivity contribution in [2.75, 3.05) is 39.8 Å². The summed E-state index contributed by atoms with van der Waals surface area (Å²) >= 11 is 0. The van der Waals surface area contributed by atoms with Gasteiger partial charge in [-0.15, -0.1) is 0 Å². The summed E-state index contributed by atoms with van der Waals surface area (Å²) in [7, 11) is 2.16. The maximum absolute atomic E-state index is 12.7. The molecule has 2 fully saturated rings. The lowest BCUT2D eigenvalue weighted by atomic mass is 9.95. The van der Waals surface area contributed by atoms with Crippen molar-refractivity contribution in [2.45, 2.75) is 18.9 Å². The number of nitrogens with zero attached hydrogens (tertiary/aromatic N) is 2. The molecule has 114 valence electrons. The van der Waals surface area contributed by atoms with Crippen molar-refractivity contribution in [3.63, 3.8) is 0 Å². The third-order valence-electron chi connectivity index (χ3n) is 4.83. The fraction of sp³-hybridized carbons (Fsp3) is 0.588. The molecule has 1 aromatic carbocycles. The predicted octanol–water partition coefficient (Wildman–Crippen LogP) is 1.50. The van der Waals surface area contributed by atoms with E-state index >= 15 is 0 Å². The molecule has 0 saturated carbocycles. The summed E-state index contributed by atoms with van der Waals surface area (Å²) in [4.78, 5) is 17.2. The largest absolute Gasteiger partial charge is 0.339 e. The molecule has 0 aromatic heterocycles. The lowest BCUT2D eigenvalue weighted by Gasteiger charge is -2.41. The Kier molecular flexibility index (Phi) is 4.56. The number of nitrogens with one attached hydrogen (secondary N) is 1. The second-order valence-electron chi connectivity index (χ2n) is 6.22. The predicted molar refractivity (Wildman–Crippen MR) is 84.0 cm³/mol.